The van der Waals surface area contributed by atoms with Crippen molar-refractivity contribution in [1.82, 2.24) is 4.98 Å². The number of hydrogen-bond donors (Lipinski definition) is 0. The molecule has 3 nitrogen and oxygen atoms in total. The van der Waals surface area contributed by atoms with Crippen LogP contribution in [0.5, 0.6) is 11.5 Å². The van der Waals surface area contributed by atoms with E-state index in [0.29, 0.717) is 0 Å². The fourth-order valence-electron chi connectivity index (χ4n) is 2.68. The van der Waals surface area contributed by atoms with E-state index in [4.69, 9.17) is 22.3 Å². The van der Waals surface area contributed by atoms with Crippen LogP contribution in [0.3, 0.4) is 0 Å². The van der Waals surface area contributed by atoms with Crippen molar-refractivity contribution in [3.05, 3.63) is 89.2 Å². The van der Waals surface area contributed by atoms with Crippen LogP contribution in [0.1, 0.15) is 22.5 Å². The molecule has 0 radical (unpaired) electrons. The molecule has 30 heavy (non-hydrogen) atoms. The second-order valence-corrected chi connectivity index (χ2v) is 6.28. The molecule has 0 spiro atoms. The monoisotopic (exact) mass is 391 g/mol. The van der Waals surface area contributed by atoms with Crippen molar-refractivity contribution in [2.75, 3.05) is 13.2 Å². The molecule has 2 aromatic carbocycles. The van der Waals surface area contributed by atoms with Gasteiger partial charge in [-0.3, -0.25) is 0 Å². The lowest BCUT2D eigenvalue weighted by Gasteiger charge is -2.03. The third-order valence-electron chi connectivity index (χ3n) is 4.05. The molecule has 0 aliphatic heterocycles. The highest BCUT2D eigenvalue weighted by Gasteiger charge is 1.97. The van der Waals surface area contributed by atoms with Crippen LogP contribution < -0.4 is 9.47 Å². The predicted molar refractivity (Wildman–Crippen MR) is 124 cm³/mol. The van der Waals surface area contributed by atoms with E-state index < -0.39 is 0 Å². The molecule has 146 valence electrons. The van der Waals surface area contributed by atoms with Gasteiger partial charge in [0.25, 0.3) is 0 Å². The predicted octanol–water partition coefficient (Wildman–Crippen LogP) is 5.45. The number of nitrogens with zero attached hydrogens (tertiary/aromatic N) is 1. The number of aromatic nitrogens is 1. The van der Waals surface area contributed by atoms with Crippen LogP contribution in [-0.2, 0) is 0 Å². The van der Waals surface area contributed by atoms with Gasteiger partial charge in [-0.1, -0.05) is 54.3 Å². The van der Waals surface area contributed by atoms with Gasteiger partial charge >= 0.3 is 0 Å². The van der Waals surface area contributed by atoms with Crippen LogP contribution >= 0.6 is 0 Å². The lowest BCUT2D eigenvalue weighted by molar-refractivity contribution is 0.370. The number of benzene rings is 2. The molecule has 0 aliphatic carbocycles. The summed E-state index contributed by atoms with van der Waals surface area (Å²) in [6.07, 6.45) is 18.4. The second-order valence-electron chi connectivity index (χ2n) is 6.28. The Labute approximate surface area is 177 Å². The van der Waals surface area contributed by atoms with Crippen molar-refractivity contribution in [3.8, 4) is 36.2 Å². The summed E-state index contributed by atoms with van der Waals surface area (Å²) in [6.45, 7) is 0.504. The molecule has 0 bridgehead atoms. The van der Waals surface area contributed by atoms with E-state index in [1.165, 1.54) is 0 Å². The number of terminal acetylenes is 2. The molecule has 0 aliphatic rings. The molecule has 0 N–H and O–H groups in total. The average molecular weight is 391 g/mol. The van der Waals surface area contributed by atoms with Crippen LogP contribution in [0.25, 0.3) is 24.3 Å². The van der Waals surface area contributed by atoms with Gasteiger partial charge in [-0.2, -0.15) is 0 Å². The molecule has 0 atom stereocenters. The zero-order valence-corrected chi connectivity index (χ0v) is 16.5. The summed E-state index contributed by atoms with van der Waals surface area (Å²) in [6, 6.07) is 21.4. The Balaban J connectivity index is 1.69. The summed E-state index contributed by atoms with van der Waals surface area (Å²) >= 11 is 0. The van der Waals surface area contributed by atoms with E-state index >= 15 is 0 Å². The quantitative estimate of drug-likeness (QED) is 0.479. The van der Waals surface area contributed by atoms with Gasteiger partial charge in [0.05, 0.1) is 11.4 Å². The highest BCUT2D eigenvalue weighted by molar-refractivity contribution is 5.71. The van der Waals surface area contributed by atoms with Crippen LogP contribution in [0.4, 0.5) is 0 Å². The van der Waals surface area contributed by atoms with Gasteiger partial charge in [0.1, 0.15) is 24.7 Å². The van der Waals surface area contributed by atoms with E-state index in [0.717, 1.165) is 34.0 Å². The Bertz CT molecular complexity index is 1040. The minimum absolute atomic E-state index is 0.252. The maximum atomic E-state index is 5.46. The van der Waals surface area contributed by atoms with Crippen molar-refractivity contribution >= 4 is 24.3 Å². The summed E-state index contributed by atoms with van der Waals surface area (Å²) in [4.78, 5) is 4.66. The second kappa shape index (κ2) is 11.0. The van der Waals surface area contributed by atoms with Crippen LogP contribution in [0, 0.1) is 24.7 Å². The van der Waals surface area contributed by atoms with Crippen LogP contribution in [-0.4, -0.2) is 18.2 Å². The minimum atomic E-state index is 0.252. The fourth-order valence-corrected chi connectivity index (χ4v) is 2.68. The molecular weight excluding hydrogens is 370 g/mol. The number of ether oxygens (including phenoxy) is 2. The Morgan fingerprint density at radius 1 is 0.667 bits per heavy atom. The zero-order valence-electron chi connectivity index (χ0n) is 16.5. The van der Waals surface area contributed by atoms with E-state index in [9.17, 15) is 0 Å². The molecule has 0 unspecified atom stereocenters. The molecule has 0 fully saturated rings. The summed E-state index contributed by atoms with van der Waals surface area (Å²) < 4.78 is 10.9. The Hall–Kier alpha value is -4.21. The van der Waals surface area contributed by atoms with Gasteiger partial charge in [0.15, 0.2) is 0 Å². The van der Waals surface area contributed by atoms with Crippen molar-refractivity contribution in [2.24, 2.45) is 0 Å². The first-order valence-corrected chi connectivity index (χ1v) is 9.43. The molecule has 3 rings (SSSR count). The van der Waals surface area contributed by atoms with Crippen molar-refractivity contribution < 1.29 is 9.47 Å². The number of hydrogen-bond acceptors (Lipinski definition) is 3. The SMILES string of the molecule is C#CCOc1cccc(C=Cc2cccc(C=Cc3cccc(OCC#C)c3)n2)c1. The summed E-state index contributed by atoms with van der Waals surface area (Å²) in [7, 11) is 0. The first kappa shape index (κ1) is 20.5. The Kier molecular flexibility index (Phi) is 7.49. The largest absolute Gasteiger partial charge is 0.481 e. The molecule has 0 amide bonds. The zero-order chi connectivity index (χ0) is 21.0. The van der Waals surface area contributed by atoms with Crippen molar-refractivity contribution in [2.45, 2.75) is 0 Å². The van der Waals surface area contributed by atoms with Gasteiger partial charge in [0.2, 0.25) is 0 Å². The molecule has 3 heteroatoms. The first-order valence-electron chi connectivity index (χ1n) is 9.43. The summed E-state index contributed by atoms with van der Waals surface area (Å²) in [5, 5.41) is 0. The van der Waals surface area contributed by atoms with Crippen LogP contribution in [0.2, 0.25) is 0 Å². The maximum absolute atomic E-state index is 5.46. The molecule has 0 saturated heterocycles. The molecule has 1 heterocycles. The van der Waals surface area contributed by atoms with Gasteiger partial charge in [-0.15, -0.1) is 12.8 Å². The topological polar surface area (TPSA) is 31.4 Å². The third kappa shape index (κ3) is 6.44. The van der Waals surface area contributed by atoms with Gasteiger partial charge in [-0.25, -0.2) is 4.98 Å². The molecular formula is C27H21NO2. The lowest BCUT2D eigenvalue weighted by Crippen LogP contribution is -1.93. The highest BCUT2D eigenvalue weighted by Crippen LogP contribution is 2.17. The fraction of sp³-hybridized carbons (Fsp3) is 0.0741. The lowest BCUT2D eigenvalue weighted by atomic mass is 10.1. The standard InChI is InChI=1S/C27H21NO2/c1-3-18-29-26-12-5-8-22(20-26)14-16-24-10-7-11-25(28-24)17-15-23-9-6-13-27(21-23)30-19-4-2/h1-2,5-17,20-21H,18-19H2. The Morgan fingerprint density at radius 2 is 1.13 bits per heavy atom. The van der Waals surface area contributed by atoms with E-state index in [1.807, 2.05) is 91.0 Å². The third-order valence-corrected chi connectivity index (χ3v) is 4.05. The van der Waals surface area contributed by atoms with E-state index in [1.54, 1.807) is 0 Å². The smallest absolute Gasteiger partial charge is 0.148 e. The summed E-state index contributed by atoms with van der Waals surface area (Å²) in [5.41, 5.74) is 3.74. The van der Waals surface area contributed by atoms with Gasteiger partial charge < -0.3 is 9.47 Å². The number of pyridine rings is 1. The van der Waals surface area contributed by atoms with E-state index in [2.05, 4.69) is 16.8 Å². The first-order chi connectivity index (χ1) is 14.8. The maximum Gasteiger partial charge on any atom is 0.148 e. The average Bonchev–Trinajstić information content (AvgIpc) is 2.79. The minimum Gasteiger partial charge on any atom is -0.481 e. The normalized spacial score (nSPS) is 10.6. The molecule has 0 saturated carbocycles. The van der Waals surface area contributed by atoms with E-state index in [-0.39, 0.29) is 13.2 Å². The van der Waals surface area contributed by atoms with Gasteiger partial charge in [0, 0.05) is 0 Å². The van der Waals surface area contributed by atoms with Crippen molar-refractivity contribution in [1.29, 1.82) is 0 Å². The van der Waals surface area contributed by atoms with Crippen molar-refractivity contribution in [3.63, 3.8) is 0 Å². The van der Waals surface area contributed by atoms with Crippen LogP contribution in [0.15, 0.2) is 66.7 Å². The Morgan fingerprint density at radius 3 is 1.60 bits per heavy atom. The molecule has 1 aromatic heterocycles. The summed E-state index contributed by atoms with van der Waals surface area (Å²) in [5.74, 6) is 6.42. The molecule has 3 aromatic rings. The highest BCUT2D eigenvalue weighted by atomic mass is 16.5. The number of rotatable bonds is 8. The van der Waals surface area contributed by atoms with Gasteiger partial charge in [-0.05, 0) is 59.7 Å².